The summed E-state index contributed by atoms with van der Waals surface area (Å²) in [6, 6.07) is 0. The van der Waals surface area contributed by atoms with E-state index in [1.807, 2.05) is 25.7 Å². The van der Waals surface area contributed by atoms with Gasteiger partial charge in [-0.2, -0.15) is 0 Å². The Balaban J connectivity index is 2.30. The Labute approximate surface area is 119 Å². The van der Waals surface area contributed by atoms with Crippen LogP contribution < -0.4 is 0 Å². The molecular formula is C14H24BrNO2. The van der Waals surface area contributed by atoms with Crippen LogP contribution in [0.1, 0.15) is 40.0 Å². The van der Waals surface area contributed by atoms with Gasteiger partial charge < -0.3 is 9.64 Å². The number of carbonyl (C=O) groups excluding carboxylic acids is 1. The summed E-state index contributed by atoms with van der Waals surface area (Å²) < 4.78 is 5.38. The van der Waals surface area contributed by atoms with Gasteiger partial charge in [0, 0.05) is 18.4 Å². The van der Waals surface area contributed by atoms with Crippen molar-refractivity contribution in [1.82, 2.24) is 4.90 Å². The van der Waals surface area contributed by atoms with Crippen molar-refractivity contribution in [3.05, 3.63) is 12.2 Å². The molecular weight excluding hydrogens is 294 g/mol. The molecule has 0 aliphatic carbocycles. The lowest BCUT2D eigenvalue weighted by Gasteiger charge is -2.33. The zero-order chi connectivity index (χ0) is 13.6. The van der Waals surface area contributed by atoms with Crippen molar-refractivity contribution < 1.29 is 9.53 Å². The van der Waals surface area contributed by atoms with Gasteiger partial charge in [0.05, 0.1) is 0 Å². The van der Waals surface area contributed by atoms with Crippen molar-refractivity contribution in [3.8, 4) is 0 Å². The molecule has 0 aromatic heterocycles. The Kier molecular flexibility index (Phi) is 6.19. The molecule has 1 rings (SSSR count). The summed E-state index contributed by atoms with van der Waals surface area (Å²) in [5.41, 5.74) is -0.396. The van der Waals surface area contributed by atoms with Gasteiger partial charge in [-0.15, -0.1) is 0 Å². The van der Waals surface area contributed by atoms with E-state index in [1.165, 1.54) is 0 Å². The van der Waals surface area contributed by atoms with Gasteiger partial charge >= 0.3 is 6.09 Å². The zero-order valence-corrected chi connectivity index (χ0v) is 13.2. The monoisotopic (exact) mass is 317 g/mol. The molecule has 1 saturated heterocycles. The molecule has 0 atom stereocenters. The van der Waals surface area contributed by atoms with E-state index >= 15 is 0 Å². The van der Waals surface area contributed by atoms with Crippen LogP contribution in [0.3, 0.4) is 0 Å². The van der Waals surface area contributed by atoms with Gasteiger partial charge in [0.25, 0.3) is 0 Å². The summed E-state index contributed by atoms with van der Waals surface area (Å²) >= 11 is 3.37. The van der Waals surface area contributed by atoms with Gasteiger partial charge in [0.1, 0.15) is 5.60 Å². The molecule has 1 aliphatic heterocycles. The second-order valence-corrected chi connectivity index (χ2v) is 6.42. The van der Waals surface area contributed by atoms with Gasteiger partial charge in [-0.3, -0.25) is 0 Å². The molecule has 1 amide bonds. The Hall–Kier alpha value is -0.510. The first-order chi connectivity index (χ1) is 8.42. The summed E-state index contributed by atoms with van der Waals surface area (Å²) in [5.74, 6) is 0.707. The minimum atomic E-state index is -0.396. The average molecular weight is 318 g/mol. The van der Waals surface area contributed by atoms with E-state index in [-0.39, 0.29) is 6.09 Å². The summed E-state index contributed by atoms with van der Waals surface area (Å²) in [7, 11) is 0. The molecule has 0 saturated carbocycles. The maximum absolute atomic E-state index is 11.9. The van der Waals surface area contributed by atoms with E-state index in [2.05, 4.69) is 28.1 Å². The van der Waals surface area contributed by atoms with Crippen LogP contribution in [0.5, 0.6) is 0 Å². The fourth-order valence-corrected chi connectivity index (χ4v) is 2.29. The molecule has 0 radical (unpaired) electrons. The highest BCUT2D eigenvalue weighted by molar-refractivity contribution is 9.09. The molecule has 18 heavy (non-hydrogen) atoms. The quantitative estimate of drug-likeness (QED) is 0.582. The van der Waals surface area contributed by atoms with Crippen molar-refractivity contribution >= 4 is 22.0 Å². The SMILES string of the molecule is CC(C)(C)OC(=O)N1CCC(CC=CCBr)CC1. The molecule has 1 aliphatic rings. The number of halogens is 1. The Morgan fingerprint density at radius 1 is 1.33 bits per heavy atom. The third kappa shape index (κ3) is 5.89. The summed E-state index contributed by atoms with van der Waals surface area (Å²) in [4.78, 5) is 13.7. The first-order valence-corrected chi connectivity index (χ1v) is 7.73. The number of likely N-dealkylation sites (tertiary alicyclic amines) is 1. The van der Waals surface area contributed by atoms with Gasteiger partial charge in [-0.05, 0) is 46.0 Å². The smallest absolute Gasteiger partial charge is 0.410 e. The lowest BCUT2D eigenvalue weighted by molar-refractivity contribution is 0.0185. The van der Waals surface area contributed by atoms with Crippen molar-refractivity contribution in [2.45, 2.75) is 45.6 Å². The summed E-state index contributed by atoms with van der Waals surface area (Å²) in [6.07, 6.45) is 7.46. The first kappa shape index (κ1) is 15.5. The molecule has 1 fully saturated rings. The van der Waals surface area contributed by atoms with Crippen LogP contribution in [-0.2, 0) is 4.74 Å². The van der Waals surface area contributed by atoms with Crippen LogP contribution in [0.15, 0.2) is 12.2 Å². The minimum absolute atomic E-state index is 0.169. The molecule has 104 valence electrons. The lowest BCUT2D eigenvalue weighted by atomic mass is 9.94. The molecule has 4 heteroatoms. The number of carbonyl (C=O) groups is 1. The van der Waals surface area contributed by atoms with E-state index in [4.69, 9.17) is 4.74 Å². The van der Waals surface area contributed by atoms with E-state index in [0.717, 1.165) is 37.7 Å². The molecule has 1 heterocycles. The summed E-state index contributed by atoms with van der Waals surface area (Å²) in [6.45, 7) is 7.36. The number of alkyl halides is 1. The van der Waals surface area contributed by atoms with E-state index in [9.17, 15) is 4.79 Å². The molecule has 0 aromatic rings. The van der Waals surface area contributed by atoms with Crippen molar-refractivity contribution in [2.75, 3.05) is 18.4 Å². The van der Waals surface area contributed by atoms with E-state index in [0.29, 0.717) is 5.92 Å². The topological polar surface area (TPSA) is 29.5 Å². The number of rotatable bonds is 3. The van der Waals surface area contributed by atoms with Gasteiger partial charge in [-0.1, -0.05) is 28.1 Å². The molecule has 0 unspecified atom stereocenters. The van der Waals surface area contributed by atoms with Gasteiger partial charge in [-0.25, -0.2) is 4.79 Å². The van der Waals surface area contributed by atoms with Gasteiger partial charge in [0.2, 0.25) is 0 Å². The highest BCUT2D eigenvalue weighted by Crippen LogP contribution is 2.22. The van der Waals surface area contributed by atoms with Crippen LogP contribution in [0.2, 0.25) is 0 Å². The van der Waals surface area contributed by atoms with Crippen molar-refractivity contribution in [1.29, 1.82) is 0 Å². The number of nitrogens with zero attached hydrogens (tertiary/aromatic N) is 1. The number of amides is 1. The largest absolute Gasteiger partial charge is 0.444 e. The van der Waals surface area contributed by atoms with Crippen LogP contribution in [0.25, 0.3) is 0 Å². The average Bonchev–Trinajstić information content (AvgIpc) is 2.28. The standard InChI is InChI=1S/C14H24BrNO2/c1-14(2,3)18-13(17)16-10-7-12(8-11-16)6-4-5-9-15/h4-5,12H,6-11H2,1-3H3. The molecule has 3 nitrogen and oxygen atoms in total. The normalized spacial score (nSPS) is 18.3. The maximum atomic E-state index is 11.9. The van der Waals surface area contributed by atoms with Crippen LogP contribution in [0.4, 0.5) is 4.79 Å². The second-order valence-electron chi connectivity index (χ2n) is 5.77. The third-order valence-corrected chi connectivity index (χ3v) is 3.37. The molecule has 0 bridgehead atoms. The number of ether oxygens (including phenoxy) is 1. The third-order valence-electron chi connectivity index (χ3n) is 2.99. The molecule has 0 spiro atoms. The first-order valence-electron chi connectivity index (χ1n) is 6.61. The highest BCUT2D eigenvalue weighted by Gasteiger charge is 2.26. The van der Waals surface area contributed by atoms with E-state index < -0.39 is 5.60 Å². The summed E-state index contributed by atoms with van der Waals surface area (Å²) in [5, 5.41) is 0.920. The van der Waals surface area contributed by atoms with Crippen LogP contribution >= 0.6 is 15.9 Å². The van der Waals surface area contributed by atoms with Crippen LogP contribution in [0, 0.1) is 5.92 Å². The Morgan fingerprint density at radius 2 is 1.94 bits per heavy atom. The Morgan fingerprint density at radius 3 is 2.44 bits per heavy atom. The second kappa shape index (κ2) is 7.17. The van der Waals surface area contributed by atoms with Gasteiger partial charge in [0.15, 0.2) is 0 Å². The van der Waals surface area contributed by atoms with Crippen molar-refractivity contribution in [3.63, 3.8) is 0 Å². The maximum Gasteiger partial charge on any atom is 0.410 e. The fraction of sp³-hybridized carbons (Fsp3) is 0.786. The molecule has 0 aromatic carbocycles. The minimum Gasteiger partial charge on any atom is -0.444 e. The number of allylic oxidation sites excluding steroid dienone is 2. The predicted molar refractivity (Wildman–Crippen MR) is 78.1 cm³/mol. The van der Waals surface area contributed by atoms with Crippen molar-refractivity contribution in [2.24, 2.45) is 5.92 Å². The number of hydrogen-bond acceptors (Lipinski definition) is 2. The fourth-order valence-electron chi connectivity index (χ4n) is 2.03. The van der Waals surface area contributed by atoms with E-state index in [1.54, 1.807) is 0 Å². The van der Waals surface area contributed by atoms with Crippen LogP contribution in [-0.4, -0.2) is 35.0 Å². The predicted octanol–water partition coefficient (Wildman–Crippen LogP) is 3.97. The molecule has 0 N–H and O–H groups in total. The Bertz CT molecular complexity index is 289. The number of piperidine rings is 1. The number of hydrogen-bond donors (Lipinski definition) is 0. The lowest BCUT2D eigenvalue weighted by Crippen LogP contribution is -2.41. The highest BCUT2D eigenvalue weighted by atomic mass is 79.9. The zero-order valence-electron chi connectivity index (χ0n) is 11.6.